The molecular formula is C12H21N3O4. The molecule has 0 aromatic heterocycles. The lowest BCUT2D eigenvalue weighted by Gasteiger charge is -2.26. The number of ether oxygens (including phenoxy) is 1. The average Bonchev–Trinajstić information content (AvgIpc) is 2.65. The smallest absolute Gasteiger partial charge is 0.324 e. The van der Waals surface area contributed by atoms with Crippen molar-refractivity contribution in [3.63, 3.8) is 0 Å². The van der Waals surface area contributed by atoms with Crippen molar-refractivity contribution in [2.45, 2.75) is 26.8 Å². The number of esters is 1. The number of carbonyl (C=O) groups is 3. The first-order valence-corrected chi connectivity index (χ1v) is 6.43. The molecule has 1 heterocycles. The summed E-state index contributed by atoms with van der Waals surface area (Å²) < 4.78 is 4.90. The zero-order chi connectivity index (χ0) is 14.4. The molecule has 1 N–H and O–H groups in total. The van der Waals surface area contributed by atoms with Crippen LogP contribution in [-0.4, -0.2) is 66.5 Å². The topological polar surface area (TPSA) is 79.0 Å². The van der Waals surface area contributed by atoms with Gasteiger partial charge in [-0.05, 0) is 20.8 Å². The van der Waals surface area contributed by atoms with E-state index in [1.54, 1.807) is 6.92 Å². The standard InChI is InChI=1S/C12H21N3O4/c1-4-19-11(17)8-14(9(2)3)5-6-15-10(16)7-13-12(15)18/h9H,4-8H2,1-3H3,(H,13,18). The predicted molar refractivity (Wildman–Crippen MR) is 68.5 cm³/mol. The Morgan fingerprint density at radius 3 is 2.63 bits per heavy atom. The summed E-state index contributed by atoms with van der Waals surface area (Å²) in [5.74, 6) is -0.529. The van der Waals surface area contributed by atoms with Gasteiger partial charge in [0, 0.05) is 19.1 Å². The number of hydrogen-bond acceptors (Lipinski definition) is 5. The molecule has 1 aliphatic rings. The van der Waals surface area contributed by atoms with Gasteiger partial charge in [-0.1, -0.05) is 0 Å². The molecule has 7 nitrogen and oxygen atoms in total. The number of hydrogen-bond donors (Lipinski definition) is 1. The highest BCUT2D eigenvalue weighted by molar-refractivity contribution is 6.01. The lowest BCUT2D eigenvalue weighted by molar-refractivity contribution is -0.144. The van der Waals surface area contributed by atoms with Crippen LogP contribution in [0.4, 0.5) is 4.79 Å². The van der Waals surface area contributed by atoms with Gasteiger partial charge in [0.05, 0.1) is 19.7 Å². The third-order valence-corrected chi connectivity index (χ3v) is 2.92. The van der Waals surface area contributed by atoms with Crippen molar-refractivity contribution in [3.8, 4) is 0 Å². The van der Waals surface area contributed by atoms with Gasteiger partial charge in [0.15, 0.2) is 0 Å². The van der Waals surface area contributed by atoms with Gasteiger partial charge in [0.1, 0.15) is 0 Å². The van der Waals surface area contributed by atoms with Crippen LogP contribution >= 0.6 is 0 Å². The second kappa shape index (κ2) is 7.08. The molecule has 0 bridgehead atoms. The van der Waals surface area contributed by atoms with E-state index in [1.807, 2.05) is 18.7 Å². The number of amides is 3. The Kier molecular flexibility index (Phi) is 5.75. The molecule has 19 heavy (non-hydrogen) atoms. The Morgan fingerprint density at radius 1 is 1.47 bits per heavy atom. The average molecular weight is 271 g/mol. The van der Waals surface area contributed by atoms with Gasteiger partial charge >= 0.3 is 12.0 Å². The number of carbonyl (C=O) groups excluding carboxylic acids is 3. The van der Waals surface area contributed by atoms with Crippen LogP contribution in [0.1, 0.15) is 20.8 Å². The van der Waals surface area contributed by atoms with E-state index in [2.05, 4.69) is 5.32 Å². The van der Waals surface area contributed by atoms with Gasteiger partial charge in [0.2, 0.25) is 5.91 Å². The maximum absolute atomic E-state index is 11.5. The van der Waals surface area contributed by atoms with Crippen molar-refractivity contribution >= 4 is 17.9 Å². The SMILES string of the molecule is CCOC(=O)CN(CCN1C(=O)CNC1=O)C(C)C. The number of urea groups is 1. The van der Waals surface area contributed by atoms with E-state index in [9.17, 15) is 14.4 Å². The van der Waals surface area contributed by atoms with Crippen LogP contribution in [0, 0.1) is 0 Å². The van der Waals surface area contributed by atoms with Crippen molar-refractivity contribution < 1.29 is 19.1 Å². The molecule has 1 saturated heterocycles. The highest BCUT2D eigenvalue weighted by Gasteiger charge is 2.28. The van der Waals surface area contributed by atoms with E-state index in [0.717, 1.165) is 0 Å². The zero-order valence-corrected chi connectivity index (χ0v) is 11.6. The molecule has 0 aromatic rings. The summed E-state index contributed by atoms with van der Waals surface area (Å²) in [6.45, 7) is 6.95. The summed E-state index contributed by atoms with van der Waals surface area (Å²) in [6.07, 6.45) is 0. The van der Waals surface area contributed by atoms with Crippen LogP contribution in [0.25, 0.3) is 0 Å². The van der Waals surface area contributed by atoms with Crippen molar-refractivity contribution in [1.82, 2.24) is 15.1 Å². The number of nitrogens with zero attached hydrogens (tertiary/aromatic N) is 2. The molecule has 1 rings (SSSR count). The molecule has 1 fully saturated rings. The third kappa shape index (κ3) is 4.51. The highest BCUT2D eigenvalue weighted by atomic mass is 16.5. The molecule has 0 aliphatic carbocycles. The van der Waals surface area contributed by atoms with Gasteiger partial charge in [-0.15, -0.1) is 0 Å². The molecule has 1 aliphatic heterocycles. The molecular weight excluding hydrogens is 250 g/mol. The fraction of sp³-hybridized carbons (Fsp3) is 0.750. The van der Waals surface area contributed by atoms with Gasteiger partial charge in [0.25, 0.3) is 0 Å². The minimum Gasteiger partial charge on any atom is -0.465 e. The predicted octanol–water partition coefficient (Wildman–Crippen LogP) is -0.188. The Morgan fingerprint density at radius 2 is 2.16 bits per heavy atom. The van der Waals surface area contributed by atoms with Crippen LogP contribution in [-0.2, 0) is 14.3 Å². The third-order valence-electron chi connectivity index (χ3n) is 2.92. The molecule has 0 aromatic carbocycles. The maximum Gasteiger partial charge on any atom is 0.324 e. The molecule has 7 heteroatoms. The van der Waals surface area contributed by atoms with E-state index in [4.69, 9.17) is 4.74 Å². The largest absolute Gasteiger partial charge is 0.465 e. The summed E-state index contributed by atoms with van der Waals surface area (Å²) in [7, 11) is 0. The molecule has 0 spiro atoms. The molecule has 0 radical (unpaired) electrons. The Hall–Kier alpha value is -1.63. The van der Waals surface area contributed by atoms with Gasteiger partial charge in [-0.2, -0.15) is 0 Å². The van der Waals surface area contributed by atoms with E-state index >= 15 is 0 Å². The zero-order valence-electron chi connectivity index (χ0n) is 11.6. The summed E-state index contributed by atoms with van der Waals surface area (Å²) in [4.78, 5) is 37.3. The van der Waals surface area contributed by atoms with Crippen LogP contribution in [0.2, 0.25) is 0 Å². The van der Waals surface area contributed by atoms with E-state index < -0.39 is 0 Å². The van der Waals surface area contributed by atoms with E-state index in [0.29, 0.717) is 13.2 Å². The lowest BCUT2D eigenvalue weighted by atomic mass is 10.3. The van der Waals surface area contributed by atoms with Crippen molar-refractivity contribution in [2.75, 3.05) is 32.8 Å². The number of imide groups is 1. The minimum absolute atomic E-state index is 0.0540. The molecule has 0 saturated carbocycles. The second-order valence-electron chi connectivity index (χ2n) is 4.57. The fourth-order valence-corrected chi connectivity index (χ4v) is 1.80. The summed E-state index contributed by atoms with van der Waals surface area (Å²) in [6, 6.07) is -0.241. The van der Waals surface area contributed by atoms with Crippen LogP contribution in [0.3, 0.4) is 0 Å². The van der Waals surface area contributed by atoms with Crippen LogP contribution in [0.15, 0.2) is 0 Å². The van der Waals surface area contributed by atoms with Crippen LogP contribution in [0.5, 0.6) is 0 Å². The van der Waals surface area contributed by atoms with Gasteiger partial charge in [-0.25, -0.2) is 4.79 Å². The first-order valence-electron chi connectivity index (χ1n) is 6.43. The first kappa shape index (κ1) is 15.4. The summed E-state index contributed by atoms with van der Waals surface area (Å²) in [5.41, 5.74) is 0. The van der Waals surface area contributed by atoms with E-state index in [-0.39, 0.29) is 43.6 Å². The Bertz CT molecular complexity index is 341. The molecule has 0 unspecified atom stereocenters. The summed E-state index contributed by atoms with van der Waals surface area (Å²) in [5, 5.41) is 2.46. The maximum atomic E-state index is 11.5. The van der Waals surface area contributed by atoms with Crippen molar-refractivity contribution in [1.29, 1.82) is 0 Å². The van der Waals surface area contributed by atoms with Crippen molar-refractivity contribution in [3.05, 3.63) is 0 Å². The quantitative estimate of drug-likeness (QED) is 0.513. The number of rotatable bonds is 7. The van der Waals surface area contributed by atoms with Crippen LogP contribution < -0.4 is 5.32 Å². The minimum atomic E-state index is -0.371. The Balaban J connectivity index is 2.47. The van der Waals surface area contributed by atoms with E-state index in [1.165, 1.54) is 4.90 Å². The molecule has 3 amide bonds. The highest BCUT2D eigenvalue weighted by Crippen LogP contribution is 2.03. The summed E-state index contributed by atoms with van der Waals surface area (Å²) >= 11 is 0. The second-order valence-corrected chi connectivity index (χ2v) is 4.57. The Labute approximate surface area is 112 Å². The van der Waals surface area contributed by atoms with Gasteiger partial charge < -0.3 is 10.1 Å². The lowest BCUT2D eigenvalue weighted by Crippen LogP contribution is -2.43. The molecule has 108 valence electrons. The first-order chi connectivity index (χ1) is 8.95. The normalized spacial score (nSPS) is 15.3. The number of nitrogens with one attached hydrogen (secondary N) is 1. The van der Waals surface area contributed by atoms with Crippen molar-refractivity contribution in [2.24, 2.45) is 0 Å². The molecule has 0 atom stereocenters. The monoisotopic (exact) mass is 271 g/mol. The van der Waals surface area contributed by atoms with Gasteiger partial charge in [-0.3, -0.25) is 19.4 Å². The fourth-order valence-electron chi connectivity index (χ4n) is 1.80.